The highest BCUT2D eigenvalue weighted by Crippen LogP contribution is 2.36. The van der Waals surface area contributed by atoms with Crippen molar-refractivity contribution in [1.82, 2.24) is 15.0 Å². The Morgan fingerprint density at radius 2 is 2.00 bits per heavy atom. The standard InChI is InChI=1S/C12H13ClN4/c13-9-3-1-8(2-4-9)12-11(7-14)17(16-15-12)10-5-6-10/h1-4,10H,5-7,14H2. The van der Waals surface area contributed by atoms with Crippen LogP contribution in [0.15, 0.2) is 24.3 Å². The molecule has 1 aromatic heterocycles. The Labute approximate surface area is 104 Å². The first kappa shape index (κ1) is 10.7. The summed E-state index contributed by atoms with van der Waals surface area (Å²) < 4.78 is 1.96. The van der Waals surface area contributed by atoms with Gasteiger partial charge in [-0.15, -0.1) is 5.10 Å². The van der Waals surface area contributed by atoms with E-state index in [1.807, 2.05) is 28.9 Å². The fourth-order valence-electron chi connectivity index (χ4n) is 1.95. The predicted octanol–water partition coefficient (Wildman–Crippen LogP) is 2.39. The van der Waals surface area contributed by atoms with Gasteiger partial charge in [0, 0.05) is 17.1 Å². The van der Waals surface area contributed by atoms with Crippen molar-refractivity contribution in [2.24, 2.45) is 5.73 Å². The van der Waals surface area contributed by atoms with Crippen molar-refractivity contribution in [1.29, 1.82) is 0 Å². The van der Waals surface area contributed by atoms with Crippen LogP contribution >= 0.6 is 11.6 Å². The van der Waals surface area contributed by atoms with E-state index in [1.165, 1.54) is 12.8 Å². The maximum absolute atomic E-state index is 5.87. The molecule has 0 spiro atoms. The van der Waals surface area contributed by atoms with Crippen molar-refractivity contribution in [3.8, 4) is 11.3 Å². The lowest BCUT2D eigenvalue weighted by Crippen LogP contribution is -2.08. The van der Waals surface area contributed by atoms with Gasteiger partial charge in [-0.2, -0.15) is 0 Å². The maximum atomic E-state index is 5.87. The van der Waals surface area contributed by atoms with Gasteiger partial charge in [0.2, 0.25) is 0 Å². The first-order chi connectivity index (χ1) is 8.29. The minimum absolute atomic E-state index is 0.460. The summed E-state index contributed by atoms with van der Waals surface area (Å²) in [6, 6.07) is 8.11. The average molecular weight is 249 g/mol. The summed E-state index contributed by atoms with van der Waals surface area (Å²) in [7, 11) is 0. The molecule has 1 aliphatic rings. The number of rotatable bonds is 3. The van der Waals surface area contributed by atoms with Crippen LogP contribution in [-0.4, -0.2) is 15.0 Å². The molecule has 1 aromatic carbocycles. The molecule has 1 saturated carbocycles. The molecule has 0 saturated heterocycles. The average Bonchev–Trinajstić information content (AvgIpc) is 3.10. The minimum atomic E-state index is 0.460. The van der Waals surface area contributed by atoms with E-state index in [0.29, 0.717) is 12.6 Å². The van der Waals surface area contributed by atoms with Crippen LogP contribution < -0.4 is 5.73 Å². The molecule has 0 amide bonds. The highest BCUT2D eigenvalue weighted by Gasteiger charge is 2.28. The zero-order chi connectivity index (χ0) is 11.8. The zero-order valence-corrected chi connectivity index (χ0v) is 10.1. The van der Waals surface area contributed by atoms with E-state index >= 15 is 0 Å². The molecule has 3 rings (SSSR count). The summed E-state index contributed by atoms with van der Waals surface area (Å²) in [5.41, 5.74) is 8.70. The summed E-state index contributed by atoms with van der Waals surface area (Å²) >= 11 is 5.87. The first-order valence-corrected chi connectivity index (χ1v) is 6.07. The van der Waals surface area contributed by atoms with Gasteiger partial charge in [-0.3, -0.25) is 0 Å². The number of hydrogen-bond donors (Lipinski definition) is 1. The molecule has 88 valence electrons. The Hall–Kier alpha value is -1.39. The van der Waals surface area contributed by atoms with Crippen molar-refractivity contribution in [3.63, 3.8) is 0 Å². The van der Waals surface area contributed by atoms with Crippen molar-refractivity contribution < 1.29 is 0 Å². The highest BCUT2D eigenvalue weighted by atomic mass is 35.5. The monoisotopic (exact) mass is 248 g/mol. The van der Waals surface area contributed by atoms with Crippen molar-refractivity contribution in [2.45, 2.75) is 25.4 Å². The summed E-state index contributed by atoms with van der Waals surface area (Å²) in [5, 5.41) is 9.16. The number of halogens is 1. The van der Waals surface area contributed by atoms with E-state index in [-0.39, 0.29) is 0 Å². The van der Waals surface area contributed by atoms with E-state index < -0.39 is 0 Å². The van der Waals surface area contributed by atoms with Gasteiger partial charge in [-0.25, -0.2) is 4.68 Å². The minimum Gasteiger partial charge on any atom is -0.325 e. The van der Waals surface area contributed by atoms with Crippen LogP contribution in [-0.2, 0) is 6.54 Å². The van der Waals surface area contributed by atoms with Crippen LogP contribution in [0, 0.1) is 0 Å². The number of hydrogen-bond acceptors (Lipinski definition) is 3. The largest absolute Gasteiger partial charge is 0.325 e. The Balaban J connectivity index is 2.04. The molecule has 1 fully saturated rings. The van der Waals surface area contributed by atoms with Gasteiger partial charge in [-0.05, 0) is 25.0 Å². The predicted molar refractivity (Wildman–Crippen MR) is 66.6 cm³/mol. The highest BCUT2D eigenvalue weighted by molar-refractivity contribution is 6.30. The van der Waals surface area contributed by atoms with Gasteiger partial charge < -0.3 is 5.73 Å². The van der Waals surface area contributed by atoms with Crippen LogP contribution in [0.4, 0.5) is 0 Å². The number of nitrogens with zero attached hydrogens (tertiary/aromatic N) is 3. The van der Waals surface area contributed by atoms with Crippen LogP contribution in [0.2, 0.25) is 5.02 Å². The fraction of sp³-hybridized carbons (Fsp3) is 0.333. The summed E-state index contributed by atoms with van der Waals surface area (Å²) in [6.45, 7) is 0.460. The first-order valence-electron chi connectivity index (χ1n) is 5.69. The quantitative estimate of drug-likeness (QED) is 0.908. The lowest BCUT2D eigenvalue weighted by molar-refractivity contribution is 0.583. The summed E-state index contributed by atoms with van der Waals surface area (Å²) in [6.07, 6.45) is 2.35. The SMILES string of the molecule is NCc1c(-c2ccc(Cl)cc2)nnn1C1CC1. The van der Waals surface area contributed by atoms with Gasteiger partial charge >= 0.3 is 0 Å². The molecule has 1 aliphatic carbocycles. The maximum Gasteiger partial charge on any atom is 0.117 e. The molecule has 0 radical (unpaired) electrons. The van der Waals surface area contributed by atoms with Gasteiger partial charge in [-0.1, -0.05) is 28.9 Å². The van der Waals surface area contributed by atoms with Gasteiger partial charge in [0.1, 0.15) is 5.69 Å². The second-order valence-electron chi connectivity index (χ2n) is 4.27. The molecule has 0 bridgehead atoms. The van der Waals surface area contributed by atoms with E-state index in [0.717, 1.165) is 22.0 Å². The molecular formula is C12H13ClN4. The second kappa shape index (κ2) is 4.13. The van der Waals surface area contributed by atoms with Gasteiger partial charge in [0.05, 0.1) is 11.7 Å². The Morgan fingerprint density at radius 1 is 1.29 bits per heavy atom. The zero-order valence-electron chi connectivity index (χ0n) is 9.31. The lowest BCUT2D eigenvalue weighted by atomic mass is 10.1. The molecule has 17 heavy (non-hydrogen) atoms. The van der Waals surface area contributed by atoms with Crippen LogP contribution in [0.3, 0.4) is 0 Å². The number of benzene rings is 1. The lowest BCUT2D eigenvalue weighted by Gasteiger charge is -2.04. The van der Waals surface area contributed by atoms with Crippen LogP contribution in [0.25, 0.3) is 11.3 Å². The molecule has 2 aromatic rings. The second-order valence-corrected chi connectivity index (χ2v) is 4.71. The Morgan fingerprint density at radius 3 is 2.59 bits per heavy atom. The van der Waals surface area contributed by atoms with Crippen LogP contribution in [0.1, 0.15) is 24.6 Å². The third-order valence-corrected chi connectivity index (χ3v) is 3.25. The van der Waals surface area contributed by atoms with E-state index in [1.54, 1.807) is 0 Å². The van der Waals surface area contributed by atoms with E-state index in [9.17, 15) is 0 Å². The van der Waals surface area contributed by atoms with Gasteiger partial charge in [0.15, 0.2) is 0 Å². The normalized spacial score (nSPS) is 15.2. The molecule has 0 unspecified atom stereocenters. The molecular weight excluding hydrogens is 236 g/mol. The summed E-state index contributed by atoms with van der Waals surface area (Å²) in [5.74, 6) is 0. The molecule has 0 atom stereocenters. The van der Waals surface area contributed by atoms with Crippen LogP contribution in [0.5, 0.6) is 0 Å². The van der Waals surface area contributed by atoms with Crippen molar-refractivity contribution >= 4 is 11.6 Å². The molecule has 1 heterocycles. The smallest absolute Gasteiger partial charge is 0.117 e. The third kappa shape index (κ3) is 1.94. The molecule has 5 heteroatoms. The van der Waals surface area contributed by atoms with Gasteiger partial charge in [0.25, 0.3) is 0 Å². The molecule has 4 nitrogen and oxygen atoms in total. The molecule has 2 N–H and O–H groups in total. The summed E-state index contributed by atoms with van der Waals surface area (Å²) in [4.78, 5) is 0. The van der Waals surface area contributed by atoms with E-state index in [4.69, 9.17) is 17.3 Å². The fourth-order valence-corrected chi connectivity index (χ4v) is 2.07. The number of nitrogens with two attached hydrogens (primary N) is 1. The number of aromatic nitrogens is 3. The Kier molecular flexibility index (Phi) is 2.61. The molecule has 0 aliphatic heterocycles. The van der Waals surface area contributed by atoms with Crippen molar-refractivity contribution in [2.75, 3.05) is 0 Å². The van der Waals surface area contributed by atoms with E-state index in [2.05, 4.69) is 10.3 Å². The Bertz CT molecular complexity index is 528. The third-order valence-electron chi connectivity index (χ3n) is 2.99. The topological polar surface area (TPSA) is 56.7 Å². The van der Waals surface area contributed by atoms with Crippen molar-refractivity contribution in [3.05, 3.63) is 35.0 Å².